The first-order valence-corrected chi connectivity index (χ1v) is 10.6. The van der Waals surface area contributed by atoms with Crippen LogP contribution in [0, 0.1) is 0 Å². The van der Waals surface area contributed by atoms with Gasteiger partial charge in [0.15, 0.2) is 0 Å². The van der Waals surface area contributed by atoms with Crippen molar-refractivity contribution >= 4 is 29.2 Å². The molecular weight excluding hydrogens is 412 g/mol. The summed E-state index contributed by atoms with van der Waals surface area (Å²) in [5.41, 5.74) is 2.67. The van der Waals surface area contributed by atoms with Gasteiger partial charge in [-0.05, 0) is 35.4 Å². The van der Waals surface area contributed by atoms with Gasteiger partial charge in [0, 0.05) is 31.7 Å². The van der Waals surface area contributed by atoms with Crippen LogP contribution in [0.4, 0.5) is 5.82 Å². The van der Waals surface area contributed by atoms with Gasteiger partial charge in [-0.15, -0.1) is 0 Å². The van der Waals surface area contributed by atoms with Crippen molar-refractivity contribution in [3.8, 4) is 11.1 Å². The minimum Gasteiger partial charge on any atom is -0.353 e. The summed E-state index contributed by atoms with van der Waals surface area (Å²) in [6, 6.07) is 22.9. The molecule has 0 bridgehead atoms. The highest BCUT2D eigenvalue weighted by atomic mass is 35.5. The summed E-state index contributed by atoms with van der Waals surface area (Å²) in [7, 11) is 0. The zero-order valence-corrected chi connectivity index (χ0v) is 17.8. The zero-order chi connectivity index (χ0) is 21.6. The van der Waals surface area contributed by atoms with Crippen molar-refractivity contribution in [2.75, 3.05) is 37.6 Å². The van der Waals surface area contributed by atoms with Crippen LogP contribution in [-0.4, -0.2) is 54.4 Å². The Hall–Kier alpha value is -3.38. The van der Waals surface area contributed by atoms with Crippen molar-refractivity contribution in [2.45, 2.75) is 0 Å². The van der Waals surface area contributed by atoms with Crippen molar-refractivity contribution in [3.05, 3.63) is 83.5 Å². The Balaban J connectivity index is 1.26. The van der Waals surface area contributed by atoms with Crippen LogP contribution in [0.3, 0.4) is 0 Å². The third-order valence-electron chi connectivity index (χ3n) is 5.31. The first-order chi connectivity index (χ1) is 15.1. The van der Waals surface area contributed by atoms with E-state index in [0.717, 1.165) is 16.9 Å². The largest absolute Gasteiger partial charge is 0.353 e. The zero-order valence-electron chi connectivity index (χ0n) is 17.0. The Labute approximate surface area is 186 Å². The van der Waals surface area contributed by atoms with Crippen molar-refractivity contribution in [1.82, 2.24) is 15.2 Å². The summed E-state index contributed by atoms with van der Waals surface area (Å²) in [5, 5.41) is 3.19. The molecule has 31 heavy (non-hydrogen) atoms. The second kappa shape index (κ2) is 9.62. The normalized spacial score (nSPS) is 13.7. The van der Waals surface area contributed by atoms with E-state index in [1.165, 1.54) is 0 Å². The van der Waals surface area contributed by atoms with Gasteiger partial charge in [-0.3, -0.25) is 9.59 Å². The fourth-order valence-corrected chi connectivity index (χ4v) is 3.73. The van der Waals surface area contributed by atoms with E-state index in [-0.39, 0.29) is 18.4 Å². The number of nitrogens with zero attached hydrogens (tertiary/aromatic N) is 3. The molecule has 0 atom stereocenters. The number of carbonyl (C=O) groups is 2. The van der Waals surface area contributed by atoms with E-state index in [2.05, 4.69) is 15.2 Å². The molecule has 1 N–H and O–H groups in total. The molecule has 0 aliphatic carbocycles. The summed E-state index contributed by atoms with van der Waals surface area (Å²) in [5.74, 6) is 0.467. The fraction of sp³-hybridized carbons (Fsp3) is 0.208. The molecule has 2 heterocycles. The second-order valence-corrected chi connectivity index (χ2v) is 7.70. The maximum atomic E-state index is 12.5. The molecule has 3 aromatic rings. The number of nitrogens with one attached hydrogen (secondary N) is 1. The average Bonchev–Trinajstić information content (AvgIpc) is 2.83. The summed E-state index contributed by atoms with van der Waals surface area (Å²) in [6.07, 6.45) is 0. The van der Waals surface area contributed by atoms with E-state index in [1.54, 1.807) is 23.1 Å². The lowest BCUT2D eigenvalue weighted by Crippen LogP contribution is -2.51. The number of halogens is 1. The van der Waals surface area contributed by atoms with Gasteiger partial charge in [0.05, 0.1) is 6.54 Å². The predicted octanol–water partition coefficient (Wildman–Crippen LogP) is 3.48. The van der Waals surface area contributed by atoms with E-state index in [1.807, 2.05) is 54.6 Å². The first kappa shape index (κ1) is 20.9. The van der Waals surface area contributed by atoms with Crippen LogP contribution in [-0.2, 0) is 4.79 Å². The summed E-state index contributed by atoms with van der Waals surface area (Å²) < 4.78 is 0. The van der Waals surface area contributed by atoms with Crippen molar-refractivity contribution in [3.63, 3.8) is 0 Å². The minimum atomic E-state index is -0.255. The van der Waals surface area contributed by atoms with Crippen LogP contribution in [0.25, 0.3) is 11.1 Å². The van der Waals surface area contributed by atoms with E-state index in [4.69, 9.17) is 11.6 Å². The number of amides is 2. The number of rotatable bonds is 5. The lowest BCUT2D eigenvalue weighted by atomic mass is 10.0. The van der Waals surface area contributed by atoms with Gasteiger partial charge in [0.25, 0.3) is 5.91 Å². The second-order valence-electron chi connectivity index (χ2n) is 7.31. The number of carbonyl (C=O) groups excluding carboxylic acids is 2. The Kier molecular flexibility index (Phi) is 6.48. The maximum Gasteiger partial charge on any atom is 0.251 e. The number of benzene rings is 2. The molecule has 1 saturated heterocycles. The van der Waals surface area contributed by atoms with Crippen molar-refractivity contribution in [2.24, 2.45) is 0 Å². The average molecular weight is 435 g/mol. The molecule has 2 aromatic carbocycles. The fourth-order valence-electron chi connectivity index (χ4n) is 3.57. The van der Waals surface area contributed by atoms with Gasteiger partial charge < -0.3 is 15.1 Å². The first-order valence-electron chi connectivity index (χ1n) is 10.2. The van der Waals surface area contributed by atoms with E-state index >= 15 is 0 Å². The molecule has 1 aliphatic rings. The molecule has 1 aromatic heterocycles. The Morgan fingerprint density at radius 2 is 1.52 bits per heavy atom. The van der Waals surface area contributed by atoms with Crippen LogP contribution in [0.1, 0.15) is 10.4 Å². The van der Waals surface area contributed by atoms with Crippen LogP contribution in [0.5, 0.6) is 0 Å². The number of piperazine rings is 1. The Morgan fingerprint density at radius 3 is 2.19 bits per heavy atom. The molecule has 0 radical (unpaired) electrons. The minimum absolute atomic E-state index is 0.0192. The van der Waals surface area contributed by atoms with Crippen LogP contribution in [0.2, 0.25) is 5.15 Å². The molecule has 158 valence electrons. The number of pyridine rings is 1. The summed E-state index contributed by atoms with van der Waals surface area (Å²) >= 11 is 5.96. The molecule has 1 aliphatic heterocycles. The summed E-state index contributed by atoms with van der Waals surface area (Å²) in [4.78, 5) is 33.1. The number of anilines is 1. The molecule has 1 fully saturated rings. The van der Waals surface area contributed by atoms with Gasteiger partial charge in [-0.1, -0.05) is 60.1 Å². The lowest BCUT2D eigenvalue weighted by molar-refractivity contribution is -0.130. The van der Waals surface area contributed by atoms with Gasteiger partial charge in [0.2, 0.25) is 5.91 Å². The molecule has 7 heteroatoms. The van der Waals surface area contributed by atoms with E-state index in [0.29, 0.717) is 36.9 Å². The standard InChI is InChI=1S/C24H23ClN4O2/c25-21-7-4-8-22(27-21)28-13-15-29(16-14-28)23(30)17-26-24(31)20-11-9-19(10-12-20)18-5-2-1-3-6-18/h1-12H,13-17H2,(H,26,31). The van der Waals surface area contributed by atoms with Gasteiger partial charge in [-0.2, -0.15) is 0 Å². The maximum absolute atomic E-state index is 12.5. The molecule has 0 saturated carbocycles. The van der Waals surface area contributed by atoms with Crippen LogP contribution >= 0.6 is 11.6 Å². The molecule has 2 amide bonds. The molecule has 6 nitrogen and oxygen atoms in total. The third-order valence-corrected chi connectivity index (χ3v) is 5.52. The van der Waals surface area contributed by atoms with E-state index < -0.39 is 0 Å². The number of aromatic nitrogens is 1. The smallest absolute Gasteiger partial charge is 0.251 e. The highest BCUT2D eigenvalue weighted by Crippen LogP contribution is 2.19. The number of hydrogen-bond donors (Lipinski definition) is 1. The molecule has 4 rings (SSSR count). The van der Waals surface area contributed by atoms with Gasteiger partial charge in [-0.25, -0.2) is 4.98 Å². The van der Waals surface area contributed by atoms with Gasteiger partial charge in [0.1, 0.15) is 11.0 Å². The predicted molar refractivity (Wildman–Crippen MR) is 122 cm³/mol. The SMILES string of the molecule is O=C(NCC(=O)N1CCN(c2cccc(Cl)n2)CC1)c1ccc(-c2ccccc2)cc1. The highest BCUT2D eigenvalue weighted by Gasteiger charge is 2.22. The monoisotopic (exact) mass is 434 g/mol. The number of hydrogen-bond acceptors (Lipinski definition) is 4. The van der Waals surface area contributed by atoms with Crippen molar-refractivity contribution in [1.29, 1.82) is 0 Å². The molecule has 0 unspecified atom stereocenters. The lowest BCUT2D eigenvalue weighted by Gasteiger charge is -2.35. The summed E-state index contributed by atoms with van der Waals surface area (Å²) in [6.45, 7) is 2.49. The quantitative estimate of drug-likeness (QED) is 0.624. The molecule has 0 spiro atoms. The topological polar surface area (TPSA) is 65.5 Å². The molecular formula is C24H23ClN4O2. The Morgan fingerprint density at radius 1 is 0.839 bits per heavy atom. The highest BCUT2D eigenvalue weighted by molar-refractivity contribution is 6.29. The van der Waals surface area contributed by atoms with Crippen molar-refractivity contribution < 1.29 is 9.59 Å². The van der Waals surface area contributed by atoms with E-state index in [9.17, 15) is 9.59 Å². The van der Waals surface area contributed by atoms with Crippen LogP contribution < -0.4 is 10.2 Å². The van der Waals surface area contributed by atoms with Crippen LogP contribution in [0.15, 0.2) is 72.8 Å². The third kappa shape index (κ3) is 5.22. The van der Waals surface area contributed by atoms with Gasteiger partial charge >= 0.3 is 0 Å². The Bertz CT molecular complexity index is 1050.